The number of aromatic nitrogens is 5. The average molecular weight is 521 g/mol. The highest BCUT2D eigenvalue weighted by molar-refractivity contribution is 7.33. The molecular weight excluding hydrogens is 501 g/mol. The monoisotopic (exact) mass is 521 g/mol. The fraction of sp³-hybridized carbons (Fsp3) is 0.208. The zero-order valence-electron chi connectivity index (χ0n) is 19.0. The van der Waals surface area contributed by atoms with Crippen LogP contribution in [0.4, 0.5) is 0 Å². The molecule has 0 saturated carbocycles. The van der Waals surface area contributed by atoms with Crippen molar-refractivity contribution < 1.29 is 28.6 Å². The molecule has 5 aromatic rings. The number of hydrogen-bond acceptors (Lipinski definition) is 9. The van der Waals surface area contributed by atoms with E-state index in [-0.39, 0.29) is 29.3 Å². The zero-order chi connectivity index (χ0) is 25.3. The summed E-state index contributed by atoms with van der Waals surface area (Å²) >= 11 is 0. The minimum atomic E-state index is -2.75. The molecule has 0 aliphatic carbocycles. The second-order valence-corrected chi connectivity index (χ2v) is 9.89. The summed E-state index contributed by atoms with van der Waals surface area (Å²) in [6.45, 7) is -0.00537. The highest BCUT2D eigenvalue weighted by atomic mass is 31.1. The highest BCUT2D eigenvalue weighted by Crippen LogP contribution is 2.44. The van der Waals surface area contributed by atoms with Gasteiger partial charge in [-0.15, -0.1) is 0 Å². The van der Waals surface area contributed by atoms with Gasteiger partial charge in [0.25, 0.3) is 5.56 Å². The summed E-state index contributed by atoms with van der Waals surface area (Å²) < 4.78 is 31.3. The molecule has 0 spiro atoms. The number of nitrogens with zero attached hydrogens (tertiary/aromatic N) is 4. The van der Waals surface area contributed by atoms with Gasteiger partial charge in [0.05, 0.1) is 12.3 Å². The molecular formula is C24H20N5O7P. The Bertz CT molecular complexity index is 1730. The summed E-state index contributed by atoms with van der Waals surface area (Å²) in [5.74, 6) is 0.641. The predicted molar refractivity (Wildman–Crippen MR) is 131 cm³/mol. The maximum absolute atomic E-state index is 13.6. The van der Waals surface area contributed by atoms with Gasteiger partial charge in [0.15, 0.2) is 17.4 Å². The van der Waals surface area contributed by atoms with Crippen molar-refractivity contribution in [3.63, 3.8) is 0 Å². The van der Waals surface area contributed by atoms with E-state index >= 15 is 0 Å². The molecule has 2 fully saturated rings. The van der Waals surface area contributed by atoms with Gasteiger partial charge in [0.1, 0.15) is 29.9 Å². The second-order valence-electron chi connectivity index (χ2n) is 8.87. The van der Waals surface area contributed by atoms with E-state index < -0.39 is 38.4 Å². The van der Waals surface area contributed by atoms with E-state index in [0.29, 0.717) is 17.1 Å². The van der Waals surface area contributed by atoms with Gasteiger partial charge in [-0.3, -0.25) is 13.9 Å². The van der Waals surface area contributed by atoms with Crippen LogP contribution in [-0.4, -0.2) is 59.1 Å². The minimum absolute atomic E-state index is 0.00537. The van der Waals surface area contributed by atoms with Gasteiger partial charge in [-0.05, 0) is 29.8 Å². The van der Waals surface area contributed by atoms with Gasteiger partial charge < -0.3 is 29.0 Å². The van der Waals surface area contributed by atoms with Crippen molar-refractivity contribution in [1.82, 2.24) is 23.9 Å². The number of ether oxygens (including phenoxy) is 1. The topological polar surface area (TPSA) is 153 Å². The fourth-order valence-electron chi connectivity index (χ4n) is 4.86. The van der Waals surface area contributed by atoms with Crippen LogP contribution >= 0.6 is 8.25 Å². The molecule has 2 saturated heterocycles. The molecule has 5 atom stereocenters. The molecule has 3 aromatic heterocycles. The molecule has 37 heavy (non-hydrogen) atoms. The first kappa shape index (κ1) is 22.4. The summed E-state index contributed by atoms with van der Waals surface area (Å²) in [5.41, 5.74) is 1.98. The predicted octanol–water partition coefficient (Wildman–Crippen LogP) is 2.48. The van der Waals surface area contributed by atoms with Gasteiger partial charge in [-0.1, -0.05) is 30.3 Å². The summed E-state index contributed by atoms with van der Waals surface area (Å²) in [7, 11) is -2.75. The van der Waals surface area contributed by atoms with Crippen LogP contribution in [0.3, 0.4) is 0 Å². The van der Waals surface area contributed by atoms with Crippen LogP contribution in [0.15, 0.2) is 65.6 Å². The van der Waals surface area contributed by atoms with Crippen LogP contribution in [0.25, 0.3) is 39.6 Å². The van der Waals surface area contributed by atoms with E-state index in [1.165, 1.54) is 21.1 Å². The molecule has 3 N–H and O–H groups in total. The number of aliphatic hydroxyl groups excluding tert-OH is 1. The lowest BCUT2D eigenvalue weighted by Gasteiger charge is -2.24. The Hall–Kier alpha value is -3.80. The lowest BCUT2D eigenvalue weighted by atomic mass is 10.1. The number of imidazole rings is 2. The van der Waals surface area contributed by atoms with Crippen LogP contribution < -0.4 is 5.56 Å². The minimum Gasteiger partial charge on any atom is -0.508 e. The van der Waals surface area contributed by atoms with E-state index in [2.05, 4.69) is 9.97 Å². The number of rotatable bonds is 3. The fourth-order valence-corrected chi connectivity index (χ4v) is 5.74. The number of phenolic OH excluding ortho intramolecular Hbond substituents is 1. The molecule has 2 aliphatic heterocycles. The quantitative estimate of drug-likeness (QED) is 0.304. The number of aromatic amines is 1. The first-order valence-corrected chi connectivity index (χ1v) is 12.8. The molecule has 188 valence electrons. The maximum atomic E-state index is 13.6. The standard InChI is InChI=1S/C24H20N5O7P/c30-14-8-6-13(7-9-14)20-26-17-21(29(20)23-18(31)19-16(35-23)11-34-37(33)36-19)27-24-25-15(10-28(24)22(17)32)12-4-2-1-3-5-12/h1-10,16,18-19,23,30-31,37H,11H2,(H,25,27)/t16?,18-,19+,23+/m0/s1. The number of phenols is 1. The summed E-state index contributed by atoms with van der Waals surface area (Å²) in [4.78, 5) is 26.1. The molecule has 2 aromatic carbocycles. The Morgan fingerprint density at radius 1 is 1.05 bits per heavy atom. The molecule has 13 heteroatoms. The molecule has 2 aliphatic rings. The molecule has 0 bridgehead atoms. The number of benzene rings is 2. The number of nitrogens with one attached hydrogen (secondary N) is 1. The maximum Gasteiger partial charge on any atom is 0.319 e. The number of aliphatic hydroxyl groups is 1. The van der Waals surface area contributed by atoms with Crippen LogP contribution in [0.2, 0.25) is 0 Å². The van der Waals surface area contributed by atoms with Gasteiger partial charge >= 0.3 is 8.25 Å². The average Bonchev–Trinajstić information content (AvgIpc) is 3.59. The van der Waals surface area contributed by atoms with E-state index in [4.69, 9.17) is 18.8 Å². The summed E-state index contributed by atoms with van der Waals surface area (Å²) in [5, 5.41) is 20.9. The third-order valence-electron chi connectivity index (χ3n) is 6.62. The number of aromatic hydroxyl groups is 1. The first-order chi connectivity index (χ1) is 18.0. The van der Waals surface area contributed by atoms with Crippen LogP contribution in [-0.2, 0) is 18.3 Å². The Labute approximate surface area is 208 Å². The van der Waals surface area contributed by atoms with Crippen molar-refractivity contribution in [2.24, 2.45) is 0 Å². The first-order valence-electron chi connectivity index (χ1n) is 11.5. The highest BCUT2D eigenvalue weighted by Gasteiger charge is 2.50. The van der Waals surface area contributed by atoms with Crippen LogP contribution in [0.5, 0.6) is 5.75 Å². The van der Waals surface area contributed by atoms with Gasteiger partial charge in [0.2, 0.25) is 5.78 Å². The molecule has 2 unspecified atom stereocenters. The Balaban J connectivity index is 1.45. The van der Waals surface area contributed by atoms with Gasteiger partial charge in [-0.2, -0.15) is 4.98 Å². The normalized spacial score (nSPS) is 25.6. The Kier molecular flexibility index (Phi) is 5.07. The molecule has 5 heterocycles. The SMILES string of the molecule is O=c1c2nc(-c3ccc(O)cc3)n([C@@H]3OC4CO[PH](=O)O[C@H]4[C@@H]3O)c2nc2[nH]c(-c3ccccc3)cn12. The van der Waals surface area contributed by atoms with Gasteiger partial charge in [0, 0.05) is 11.8 Å². The summed E-state index contributed by atoms with van der Waals surface area (Å²) in [6, 6.07) is 15.8. The van der Waals surface area contributed by atoms with Crippen molar-refractivity contribution in [2.45, 2.75) is 24.5 Å². The smallest absolute Gasteiger partial charge is 0.319 e. The Morgan fingerprint density at radius 2 is 1.84 bits per heavy atom. The lowest BCUT2D eigenvalue weighted by Crippen LogP contribution is -2.37. The van der Waals surface area contributed by atoms with Crippen molar-refractivity contribution in [3.05, 3.63) is 71.1 Å². The number of fused-ring (bicyclic) bond motifs is 3. The largest absolute Gasteiger partial charge is 0.508 e. The molecule has 7 rings (SSSR count). The van der Waals surface area contributed by atoms with Crippen molar-refractivity contribution in [2.75, 3.05) is 6.61 Å². The Morgan fingerprint density at radius 3 is 2.62 bits per heavy atom. The second kappa shape index (κ2) is 8.37. The zero-order valence-corrected chi connectivity index (χ0v) is 20.0. The number of H-pyrrole nitrogens is 1. The molecule has 0 amide bonds. The summed E-state index contributed by atoms with van der Waals surface area (Å²) in [6.07, 6.45) is -2.18. The van der Waals surface area contributed by atoms with E-state index in [1.807, 2.05) is 30.3 Å². The van der Waals surface area contributed by atoms with Crippen molar-refractivity contribution in [1.29, 1.82) is 0 Å². The molecule has 0 radical (unpaired) electrons. The van der Waals surface area contributed by atoms with Crippen molar-refractivity contribution in [3.8, 4) is 28.4 Å². The van der Waals surface area contributed by atoms with E-state index in [9.17, 15) is 19.6 Å². The van der Waals surface area contributed by atoms with Gasteiger partial charge in [-0.25, -0.2) is 9.38 Å². The number of hydrogen-bond donors (Lipinski definition) is 3. The lowest BCUT2D eigenvalue weighted by molar-refractivity contribution is -0.0546. The van der Waals surface area contributed by atoms with E-state index in [0.717, 1.165) is 5.56 Å². The molecule has 12 nitrogen and oxygen atoms in total. The third-order valence-corrected chi connectivity index (χ3v) is 7.49. The third kappa shape index (κ3) is 3.53. The van der Waals surface area contributed by atoms with Crippen LogP contribution in [0, 0.1) is 0 Å². The van der Waals surface area contributed by atoms with E-state index in [1.54, 1.807) is 18.3 Å². The van der Waals surface area contributed by atoms with Crippen molar-refractivity contribution >= 4 is 25.2 Å². The van der Waals surface area contributed by atoms with Crippen LogP contribution in [0.1, 0.15) is 6.23 Å².